The predicted molar refractivity (Wildman–Crippen MR) is 59.1 cm³/mol. The molecule has 1 atom stereocenters. The molecule has 2 heterocycles. The van der Waals surface area contributed by atoms with Crippen molar-refractivity contribution in [1.29, 1.82) is 0 Å². The molecule has 1 unspecified atom stereocenters. The van der Waals surface area contributed by atoms with Crippen LogP contribution in [0.15, 0.2) is 4.99 Å². The fourth-order valence-corrected chi connectivity index (χ4v) is 2.61. The van der Waals surface area contributed by atoms with Gasteiger partial charge in [0.2, 0.25) is 0 Å². The van der Waals surface area contributed by atoms with Gasteiger partial charge in [-0.15, -0.1) is 0 Å². The number of ether oxygens (including phenoxy) is 2. The first-order valence-electron chi connectivity index (χ1n) is 5.00. The lowest BCUT2D eigenvalue weighted by atomic mass is 10.2. The molecule has 0 amide bonds. The highest BCUT2D eigenvalue weighted by Crippen LogP contribution is 2.24. The summed E-state index contributed by atoms with van der Waals surface area (Å²) in [6.45, 7) is 2.38. The molecule has 1 fully saturated rings. The number of β-amino-alcohol motifs (C(OH)–C–C–N with tert-alkyl or cyclic N) is 1. The predicted octanol–water partition coefficient (Wildman–Crippen LogP) is -0.245. The molecule has 1 saturated heterocycles. The van der Waals surface area contributed by atoms with Gasteiger partial charge in [-0.05, 0) is 0 Å². The summed E-state index contributed by atoms with van der Waals surface area (Å²) in [5, 5.41) is 10.2. The minimum absolute atomic E-state index is 0.169. The fourth-order valence-electron chi connectivity index (χ4n) is 1.54. The van der Waals surface area contributed by atoms with Crippen molar-refractivity contribution in [3.8, 4) is 0 Å². The molecule has 1 N–H and O–H groups in total. The summed E-state index contributed by atoms with van der Waals surface area (Å²) in [5.74, 6) is 0.964. The largest absolute Gasteiger partial charge is 0.389 e. The number of amidine groups is 1. The van der Waals surface area contributed by atoms with Crippen molar-refractivity contribution in [2.45, 2.75) is 12.1 Å². The third-order valence-electron chi connectivity index (χ3n) is 2.34. The minimum atomic E-state index is -0.169. The van der Waals surface area contributed by atoms with E-state index in [1.807, 2.05) is 0 Å². The second-order valence-electron chi connectivity index (χ2n) is 3.71. The van der Waals surface area contributed by atoms with Gasteiger partial charge in [0.15, 0.2) is 5.17 Å². The van der Waals surface area contributed by atoms with E-state index in [4.69, 9.17) is 9.47 Å². The van der Waals surface area contributed by atoms with Gasteiger partial charge in [0.25, 0.3) is 0 Å². The Bertz CT molecular complexity index is 244. The molecular formula is C9H16N2O3S. The van der Waals surface area contributed by atoms with E-state index in [1.165, 1.54) is 0 Å². The number of aliphatic hydroxyl groups is 1. The molecular weight excluding hydrogens is 216 g/mol. The minimum Gasteiger partial charge on any atom is -0.389 e. The van der Waals surface area contributed by atoms with Crippen molar-refractivity contribution in [3.63, 3.8) is 0 Å². The molecule has 2 aliphatic heterocycles. The zero-order chi connectivity index (χ0) is 10.7. The van der Waals surface area contributed by atoms with E-state index in [9.17, 15) is 5.11 Å². The zero-order valence-electron chi connectivity index (χ0n) is 8.76. The van der Waals surface area contributed by atoms with Gasteiger partial charge in [0, 0.05) is 26.0 Å². The van der Waals surface area contributed by atoms with Gasteiger partial charge in [0.1, 0.15) is 6.79 Å². The fraction of sp³-hybridized carbons (Fsp3) is 0.889. The van der Waals surface area contributed by atoms with E-state index in [1.54, 1.807) is 18.9 Å². The van der Waals surface area contributed by atoms with Crippen LogP contribution in [0.3, 0.4) is 0 Å². The van der Waals surface area contributed by atoms with E-state index in [-0.39, 0.29) is 12.1 Å². The molecule has 0 radical (unpaired) electrons. The molecule has 0 bridgehead atoms. The number of rotatable bonds is 4. The van der Waals surface area contributed by atoms with Gasteiger partial charge < -0.3 is 19.5 Å². The number of nitrogens with zero attached hydrogens (tertiary/aromatic N) is 2. The van der Waals surface area contributed by atoms with Crippen molar-refractivity contribution < 1.29 is 14.6 Å². The highest BCUT2D eigenvalue weighted by atomic mass is 32.2. The highest BCUT2D eigenvalue weighted by Gasteiger charge is 2.31. The summed E-state index contributed by atoms with van der Waals surface area (Å²) in [4.78, 5) is 6.63. The van der Waals surface area contributed by atoms with Crippen LogP contribution in [-0.2, 0) is 9.47 Å². The number of hydrogen-bond donors (Lipinski definition) is 1. The quantitative estimate of drug-likeness (QED) is 0.535. The number of aliphatic imine (C=N–C) groups is 1. The molecule has 2 rings (SSSR count). The first kappa shape index (κ1) is 11.2. The van der Waals surface area contributed by atoms with Gasteiger partial charge in [0.05, 0.1) is 18.8 Å². The second kappa shape index (κ2) is 5.16. The van der Waals surface area contributed by atoms with E-state index < -0.39 is 0 Å². The molecule has 0 saturated carbocycles. The molecule has 2 aliphatic rings. The first-order chi connectivity index (χ1) is 7.29. The maximum atomic E-state index is 9.17. The van der Waals surface area contributed by atoms with Crippen LogP contribution in [0.5, 0.6) is 0 Å². The molecule has 15 heavy (non-hydrogen) atoms. The van der Waals surface area contributed by atoms with Gasteiger partial charge in [-0.2, -0.15) is 0 Å². The number of thioether (sulfide) groups is 1. The summed E-state index contributed by atoms with van der Waals surface area (Å²) < 4.78 is 10.1. The molecule has 5 nitrogen and oxygen atoms in total. The lowest BCUT2D eigenvalue weighted by Gasteiger charge is -2.36. The molecule has 0 aromatic heterocycles. The van der Waals surface area contributed by atoms with Gasteiger partial charge in [-0.25, -0.2) is 0 Å². The topological polar surface area (TPSA) is 54.3 Å². The van der Waals surface area contributed by atoms with Crippen LogP contribution in [0.4, 0.5) is 0 Å². The normalized spacial score (nSPS) is 26.7. The Morgan fingerprint density at radius 3 is 3.07 bits per heavy atom. The Kier molecular flexibility index (Phi) is 3.85. The van der Waals surface area contributed by atoms with Crippen molar-refractivity contribution >= 4 is 16.9 Å². The number of methoxy groups -OCH3 is 1. The number of aliphatic hydroxyl groups excluding tert-OH is 1. The van der Waals surface area contributed by atoms with E-state index in [0.717, 1.165) is 24.0 Å². The molecule has 0 aromatic rings. The molecule has 6 heteroatoms. The van der Waals surface area contributed by atoms with Crippen LogP contribution in [0.2, 0.25) is 0 Å². The van der Waals surface area contributed by atoms with Crippen LogP contribution in [-0.4, -0.2) is 66.7 Å². The van der Waals surface area contributed by atoms with E-state index in [2.05, 4.69) is 9.89 Å². The molecule has 0 aliphatic carbocycles. The van der Waals surface area contributed by atoms with E-state index in [0.29, 0.717) is 13.4 Å². The summed E-state index contributed by atoms with van der Waals surface area (Å²) in [5.41, 5.74) is 0. The van der Waals surface area contributed by atoms with Crippen LogP contribution in [0.1, 0.15) is 0 Å². The smallest absolute Gasteiger partial charge is 0.159 e. The van der Waals surface area contributed by atoms with Gasteiger partial charge >= 0.3 is 0 Å². The maximum absolute atomic E-state index is 9.17. The summed E-state index contributed by atoms with van der Waals surface area (Å²) in [6, 6.07) is 0.234. The van der Waals surface area contributed by atoms with Crippen molar-refractivity contribution in [1.82, 2.24) is 4.90 Å². The van der Waals surface area contributed by atoms with Crippen LogP contribution in [0, 0.1) is 0 Å². The standard InChI is InChI=1S/C9H16N2O3S/c1-13-6-14-4-7-5-15-9(10-7)11-2-8(12)3-11/h7-8,12H,2-6H2,1H3. The number of likely N-dealkylation sites (tertiary alicyclic amines) is 1. The number of hydrogen-bond acceptors (Lipinski definition) is 6. The maximum Gasteiger partial charge on any atom is 0.159 e. The monoisotopic (exact) mass is 232 g/mol. The Morgan fingerprint density at radius 1 is 1.60 bits per heavy atom. The lowest BCUT2D eigenvalue weighted by molar-refractivity contribution is -0.0331. The highest BCUT2D eigenvalue weighted by molar-refractivity contribution is 8.14. The van der Waals surface area contributed by atoms with E-state index >= 15 is 0 Å². The van der Waals surface area contributed by atoms with Crippen LogP contribution < -0.4 is 0 Å². The third-order valence-corrected chi connectivity index (χ3v) is 3.52. The average Bonchev–Trinajstić information content (AvgIpc) is 2.62. The summed E-state index contributed by atoms with van der Waals surface area (Å²) >= 11 is 1.74. The second-order valence-corrected chi connectivity index (χ2v) is 4.70. The molecule has 0 aromatic carbocycles. The third kappa shape index (κ3) is 2.84. The van der Waals surface area contributed by atoms with Crippen LogP contribution >= 0.6 is 11.8 Å². The Hall–Kier alpha value is -0.300. The Morgan fingerprint density at radius 2 is 2.40 bits per heavy atom. The Balaban J connectivity index is 1.71. The van der Waals surface area contributed by atoms with Crippen molar-refractivity contribution in [2.24, 2.45) is 4.99 Å². The molecule has 0 spiro atoms. The lowest BCUT2D eigenvalue weighted by Crippen LogP contribution is -2.52. The molecule has 86 valence electrons. The van der Waals surface area contributed by atoms with Gasteiger partial charge in [-0.1, -0.05) is 11.8 Å². The van der Waals surface area contributed by atoms with Crippen LogP contribution in [0.25, 0.3) is 0 Å². The summed E-state index contributed by atoms with van der Waals surface area (Å²) in [6.07, 6.45) is -0.169. The zero-order valence-corrected chi connectivity index (χ0v) is 9.57. The summed E-state index contributed by atoms with van der Waals surface area (Å²) in [7, 11) is 1.61. The first-order valence-corrected chi connectivity index (χ1v) is 5.98. The van der Waals surface area contributed by atoms with Crippen molar-refractivity contribution in [2.75, 3.05) is 39.4 Å². The Labute approximate surface area is 93.4 Å². The van der Waals surface area contributed by atoms with Gasteiger partial charge in [-0.3, -0.25) is 4.99 Å². The SMILES string of the molecule is COCOCC1CSC(N2CC(O)C2)=N1. The average molecular weight is 232 g/mol. The van der Waals surface area contributed by atoms with Crippen molar-refractivity contribution in [3.05, 3.63) is 0 Å².